The van der Waals surface area contributed by atoms with Gasteiger partial charge in [-0.25, -0.2) is 0 Å². The summed E-state index contributed by atoms with van der Waals surface area (Å²) in [5.74, 6) is 0. The molecular weight excluding hydrogens is 252 g/mol. The summed E-state index contributed by atoms with van der Waals surface area (Å²) < 4.78 is 7.52. The van der Waals surface area contributed by atoms with Crippen LogP contribution in [0.2, 0.25) is 0 Å². The second kappa shape index (κ2) is 8.05. The minimum Gasteiger partial charge on any atom is -0.379 e. The Bertz CT molecular complexity index is 431. The molecule has 0 aliphatic carbocycles. The van der Waals surface area contributed by atoms with Gasteiger partial charge < -0.3 is 9.30 Å². The van der Waals surface area contributed by atoms with Gasteiger partial charge in [-0.1, -0.05) is 0 Å². The molecule has 1 aromatic rings. The molecule has 2 rings (SSSR count). The molecule has 1 saturated heterocycles. The number of hydrogen-bond acceptors (Lipinski definition) is 4. The zero-order valence-electron chi connectivity index (χ0n) is 12.3. The lowest BCUT2D eigenvalue weighted by molar-refractivity contribution is 0.0329. The standard InChI is InChI=1S/C15H24N4O/c1-17-6-2-4-15(17)14-19(7-3-5-16)9-8-18-10-12-20-13-11-18/h2,4,6H,3,7-14H2,1H3. The average Bonchev–Trinajstić information content (AvgIpc) is 2.88. The van der Waals surface area contributed by atoms with Gasteiger partial charge in [0.05, 0.1) is 19.3 Å². The lowest BCUT2D eigenvalue weighted by atomic mass is 10.3. The van der Waals surface area contributed by atoms with Gasteiger partial charge in [-0.15, -0.1) is 0 Å². The average molecular weight is 276 g/mol. The van der Waals surface area contributed by atoms with Crippen LogP contribution in [0.15, 0.2) is 18.3 Å². The molecular formula is C15H24N4O. The van der Waals surface area contributed by atoms with Crippen LogP contribution in [-0.2, 0) is 18.3 Å². The molecule has 0 bridgehead atoms. The molecule has 0 aromatic carbocycles. The molecule has 0 saturated carbocycles. The predicted molar refractivity (Wildman–Crippen MR) is 78.2 cm³/mol. The van der Waals surface area contributed by atoms with Crippen molar-refractivity contribution in [3.05, 3.63) is 24.0 Å². The lowest BCUT2D eigenvalue weighted by Crippen LogP contribution is -2.41. The van der Waals surface area contributed by atoms with Crippen LogP contribution in [0.5, 0.6) is 0 Å². The van der Waals surface area contributed by atoms with Crippen LogP contribution in [0.3, 0.4) is 0 Å². The molecule has 0 radical (unpaired) electrons. The molecule has 0 N–H and O–H groups in total. The SMILES string of the molecule is Cn1cccc1CN(CCC#N)CCN1CCOCC1. The van der Waals surface area contributed by atoms with E-state index in [9.17, 15) is 0 Å². The fourth-order valence-electron chi connectivity index (χ4n) is 2.48. The lowest BCUT2D eigenvalue weighted by Gasteiger charge is -2.29. The molecule has 1 aliphatic heterocycles. The third-order valence-electron chi connectivity index (χ3n) is 3.81. The van der Waals surface area contributed by atoms with Crippen LogP contribution in [0, 0.1) is 11.3 Å². The summed E-state index contributed by atoms with van der Waals surface area (Å²) in [5, 5.41) is 8.80. The number of ether oxygens (including phenoxy) is 1. The number of aromatic nitrogens is 1. The van der Waals surface area contributed by atoms with Crippen LogP contribution < -0.4 is 0 Å². The molecule has 1 fully saturated rings. The van der Waals surface area contributed by atoms with E-state index in [1.54, 1.807) is 0 Å². The smallest absolute Gasteiger partial charge is 0.0635 e. The minimum atomic E-state index is 0.591. The number of rotatable bonds is 7. The first-order valence-corrected chi connectivity index (χ1v) is 7.29. The number of hydrogen-bond donors (Lipinski definition) is 0. The van der Waals surface area contributed by atoms with Crippen molar-refractivity contribution >= 4 is 0 Å². The van der Waals surface area contributed by atoms with Gasteiger partial charge in [-0.05, 0) is 12.1 Å². The van der Waals surface area contributed by atoms with Crippen molar-refractivity contribution in [2.75, 3.05) is 45.9 Å². The Morgan fingerprint density at radius 3 is 2.80 bits per heavy atom. The molecule has 20 heavy (non-hydrogen) atoms. The number of nitriles is 1. The molecule has 0 amide bonds. The first kappa shape index (κ1) is 15.0. The maximum Gasteiger partial charge on any atom is 0.0635 e. The predicted octanol–water partition coefficient (Wildman–Crippen LogP) is 1.07. The van der Waals surface area contributed by atoms with Gasteiger partial charge in [0.15, 0.2) is 0 Å². The number of nitrogens with zero attached hydrogens (tertiary/aromatic N) is 4. The summed E-state index contributed by atoms with van der Waals surface area (Å²) in [6.45, 7) is 7.55. The van der Waals surface area contributed by atoms with Gasteiger partial charge in [0, 0.05) is 64.6 Å². The highest BCUT2D eigenvalue weighted by molar-refractivity contribution is 5.06. The van der Waals surface area contributed by atoms with E-state index in [4.69, 9.17) is 10.00 Å². The van der Waals surface area contributed by atoms with Crippen molar-refractivity contribution in [1.29, 1.82) is 5.26 Å². The second-order valence-electron chi connectivity index (χ2n) is 5.25. The summed E-state index contributed by atoms with van der Waals surface area (Å²) in [4.78, 5) is 4.81. The van der Waals surface area contributed by atoms with Gasteiger partial charge in [0.25, 0.3) is 0 Å². The van der Waals surface area contributed by atoms with Crippen LogP contribution >= 0.6 is 0 Å². The van der Waals surface area contributed by atoms with E-state index >= 15 is 0 Å². The highest BCUT2D eigenvalue weighted by Gasteiger charge is 2.13. The van der Waals surface area contributed by atoms with Gasteiger partial charge in [0.1, 0.15) is 0 Å². The van der Waals surface area contributed by atoms with Crippen LogP contribution in [-0.4, -0.2) is 60.3 Å². The molecule has 5 nitrogen and oxygen atoms in total. The van der Waals surface area contributed by atoms with E-state index in [2.05, 4.69) is 45.8 Å². The largest absolute Gasteiger partial charge is 0.379 e. The first-order chi connectivity index (χ1) is 9.79. The van der Waals surface area contributed by atoms with Gasteiger partial charge in [-0.2, -0.15) is 5.26 Å². The van der Waals surface area contributed by atoms with Crippen molar-refractivity contribution in [2.45, 2.75) is 13.0 Å². The third-order valence-corrected chi connectivity index (χ3v) is 3.81. The maximum absolute atomic E-state index is 8.80. The Kier molecular flexibility index (Phi) is 6.06. The topological polar surface area (TPSA) is 44.4 Å². The summed E-state index contributed by atoms with van der Waals surface area (Å²) in [6.07, 6.45) is 2.66. The van der Waals surface area contributed by atoms with Crippen molar-refractivity contribution in [2.24, 2.45) is 7.05 Å². The molecule has 2 heterocycles. The van der Waals surface area contributed by atoms with E-state index in [1.807, 2.05) is 0 Å². The Balaban J connectivity index is 1.83. The normalized spacial score (nSPS) is 16.4. The summed E-state index contributed by atoms with van der Waals surface area (Å²) in [7, 11) is 2.07. The zero-order chi connectivity index (χ0) is 14.2. The Labute approximate surface area is 121 Å². The number of morpholine rings is 1. The molecule has 0 spiro atoms. The van der Waals surface area contributed by atoms with E-state index in [-0.39, 0.29) is 0 Å². The maximum atomic E-state index is 8.80. The van der Waals surface area contributed by atoms with Crippen LogP contribution in [0.1, 0.15) is 12.1 Å². The second-order valence-corrected chi connectivity index (χ2v) is 5.25. The fourth-order valence-corrected chi connectivity index (χ4v) is 2.48. The molecule has 1 aromatic heterocycles. The third kappa shape index (κ3) is 4.64. The highest BCUT2D eigenvalue weighted by Crippen LogP contribution is 2.06. The van der Waals surface area contributed by atoms with Crippen molar-refractivity contribution in [1.82, 2.24) is 14.4 Å². The molecule has 0 atom stereocenters. The van der Waals surface area contributed by atoms with Crippen LogP contribution in [0.25, 0.3) is 0 Å². The van der Waals surface area contributed by atoms with E-state index < -0.39 is 0 Å². The van der Waals surface area contributed by atoms with Crippen molar-refractivity contribution in [3.63, 3.8) is 0 Å². The minimum absolute atomic E-state index is 0.591. The van der Waals surface area contributed by atoms with Crippen molar-refractivity contribution in [3.8, 4) is 6.07 Å². The van der Waals surface area contributed by atoms with Gasteiger partial charge >= 0.3 is 0 Å². The molecule has 110 valence electrons. The monoisotopic (exact) mass is 276 g/mol. The van der Waals surface area contributed by atoms with Gasteiger partial charge in [0.2, 0.25) is 0 Å². The number of aryl methyl sites for hydroxylation is 1. The Morgan fingerprint density at radius 2 is 2.15 bits per heavy atom. The highest BCUT2D eigenvalue weighted by atomic mass is 16.5. The fraction of sp³-hybridized carbons (Fsp3) is 0.667. The summed E-state index contributed by atoms with van der Waals surface area (Å²) in [5.41, 5.74) is 1.30. The van der Waals surface area contributed by atoms with Crippen molar-refractivity contribution < 1.29 is 4.74 Å². The van der Waals surface area contributed by atoms with E-state index in [0.717, 1.165) is 52.5 Å². The quantitative estimate of drug-likeness (QED) is 0.747. The Morgan fingerprint density at radius 1 is 1.35 bits per heavy atom. The molecule has 0 unspecified atom stereocenters. The van der Waals surface area contributed by atoms with E-state index in [0.29, 0.717) is 6.42 Å². The summed E-state index contributed by atoms with van der Waals surface area (Å²) >= 11 is 0. The van der Waals surface area contributed by atoms with Crippen LogP contribution in [0.4, 0.5) is 0 Å². The Hall–Kier alpha value is -1.35. The van der Waals surface area contributed by atoms with Gasteiger partial charge in [-0.3, -0.25) is 9.80 Å². The summed E-state index contributed by atoms with van der Waals surface area (Å²) in [6, 6.07) is 6.46. The molecule has 1 aliphatic rings. The zero-order valence-corrected chi connectivity index (χ0v) is 12.3. The molecule has 5 heteroatoms. The van der Waals surface area contributed by atoms with E-state index in [1.165, 1.54) is 5.69 Å². The first-order valence-electron chi connectivity index (χ1n) is 7.29.